The monoisotopic (exact) mass is 779 g/mol. The van der Waals surface area contributed by atoms with Gasteiger partial charge in [0.25, 0.3) is 0 Å². The van der Waals surface area contributed by atoms with E-state index >= 15 is 0 Å². The van der Waals surface area contributed by atoms with E-state index in [1.165, 1.54) is 167 Å². The SMILES string of the molecule is CCCCCCCCCCCCCCCCCC(=O)OC[C@@H](COC(=O)CCCCCCCCCCCCC(C)C)OC(=O)CCCCCCCCCCC. The van der Waals surface area contributed by atoms with Crippen LogP contribution in [0.1, 0.15) is 272 Å². The van der Waals surface area contributed by atoms with Crippen LogP contribution in [0.25, 0.3) is 0 Å². The zero-order chi connectivity index (χ0) is 40.3. The molecule has 0 radical (unpaired) electrons. The van der Waals surface area contributed by atoms with Crippen molar-refractivity contribution in [2.24, 2.45) is 5.92 Å². The van der Waals surface area contributed by atoms with Crippen LogP contribution in [0.2, 0.25) is 0 Å². The molecule has 0 aliphatic rings. The minimum Gasteiger partial charge on any atom is -0.462 e. The summed E-state index contributed by atoms with van der Waals surface area (Å²) in [6, 6.07) is 0. The summed E-state index contributed by atoms with van der Waals surface area (Å²) in [7, 11) is 0. The number of unbranched alkanes of at least 4 members (excludes halogenated alkanes) is 31. The molecule has 0 aromatic rings. The van der Waals surface area contributed by atoms with Gasteiger partial charge in [-0.1, -0.05) is 233 Å². The minimum atomic E-state index is -0.759. The average molecular weight is 779 g/mol. The largest absolute Gasteiger partial charge is 0.462 e. The van der Waals surface area contributed by atoms with Crippen LogP contribution in [0.5, 0.6) is 0 Å². The third kappa shape index (κ3) is 43.4. The molecule has 0 aliphatic carbocycles. The van der Waals surface area contributed by atoms with Crippen LogP contribution in [0.3, 0.4) is 0 Å². The van der Waals surface area contributed by atoms with E-state index in [4.69, 9.17) is 14.2 Å². The van der Waals surface area contributed by atoms with Crippen molar-refractivity contribution in [3.63, 3.8) is 0 Å². The topological polar surface area (TPSA) is 78.9 Å². The third-order valence-electron chi connectivity index (χ3n) is 11.0. The molecular formula is C49H94O6. The van der Waals surface area contributed by atoms with Gasteiger partial charge in [0, 0.05) is 19.3 Å². The average Bonchev–Trinajstić information content (AvgIpc) is 3.17. The maximum atomic E-state index is 12.7. The molecular weight excluding hydrogens is 685 g/mol. The number of carbonyl (C=O) groups is 3. The van der Waals surface area contributed by atoms with E-state index in [9.17, 15) is 14.4 Å². The molecule has 0 fully saturated rings. The Bertz CT molecular complexity index is 826. The number of carbonyl (C=O) groups excluding carboxylic acids is 3. The molecule has 6 heteroatoms. The predicted molar refractivity (Wildman–Crippen MR) is 233 cm³/mol. The first-order valence-electron chi connectivity index (χ1n) is 24.4. The molecule has 0 aromatic heterocycles. The molecule has 0 unspecified atom stereocenters. The molecule has 1 atom stereocenters. The second-order valence-electron chi connectivity index (χ2n) is 17.2. The first-order valence-corrected chi connectivity index (χ1v) is 24.4. The first-order chi connectivity index (χ1) is 26.9. The molecule has 0 bridgehead atoms. The van der Waals surface area contributed by atoms with Gasteiger partial charge in [-0.25, -0.2) is 0 Å². The quantitative estimate of drug-likeness (QED) is 0.0348. The normalized spacial score (nSPS) is 11.9. The fraction of sp³-hybridized carbons (Fsp3) is 0.939. The van der Waals surface area contributed by atoms with Crippen molar-refractivity contribution in [3.8, 4) is 0 Å². The zero-order valence-electron chi connectivity index (χ0n) is 37.4. The van der Waals surface area contributed by atoms with Crippen LogP contribution < -0.4 is 0 Å². The van der Waals surface area contributed by atoms with Gasteiger partial charge < -0.3 is 14.2 Å². The lowest BCUT2D eigenvalue weighted by Gasteiger charge is -2.18. The molecule has 326 valence electrons. The molecule has 0 spiro atoms. The highest BCUT2D eigenvalue weighted by Gasteiger charge is 2.19. The van der Waals surface area contributed by atoms with E-state index in [2.05, 4.69) is 27.7 Å². The van der Waals surface area contributed by atoms with Crippen molar-refractivity contribution in [2.75, 3.05) is 13.2 Å². The lowest BCUT2D eigenvalue weighted by molar-refractivity contribution is -0.167. The van der Waals surface area contributed by atoms with Gasteiger partial charge in [0.2, 0.25) is 0 Å². The zero-order valence-corrected chi connectivity index (χ0v) is 37.4. The molecule has 0 rings (SSSR count). The van der Waals surface area contributed by atoms with Crippen LogP contribution in [0, 0.1) is 5.92 Å². The number of ether oxygens (including phenoxy) is 3. The Labute approximate surface area is 342 Å². The summed E-state index contributed by atoms with van der Waals surface area (Å²) in [4.78, 5) is 37.8. The van der Waals surface area contributed by atoms with E-state index in [0.717, 1.165) is 63.7 Å². The van der Waals surface area contributed by atoms with Gasteiger partial charge in [-0.2, -0.15) is 0 Å². The molecule has 0 heterocycles. The summed E-state index contributed by atoms with van der Waals surface area (Å²) in [5, 5.41) is 0. The molecule has 0 amide bonds. The summed E-state index contributed by atoms with van der Waals surface area (Å²) >= 11 is 0. The summed E-state index contributed by atoms with van der Waals surface area (Å²) in [5.41, 5.74) is 0. The second-order valence-corrected chi connectivity index (χ2v) is 17.2. The Kier molecular flexibility index (Phi) is 42.3. The smallest absolute Gasteiger partial charge is 0.306 e. The van der Waals surface area contributed by atoms with Crippen molar-refractivity contribution in [1.29, 1.82) is 0 Å². The van der Waals surface area contributed by atoms with Crippen molar-refractivity contribution >= 4 is 17.9 Å². The Morgan fingerprint density at radius 2 is 0.600 bits per heavy atom. The maximum absolute atomic E-state index is 12.7. The van der Waals surface area contributed by atoms with E-state index in [-0.39, 0.29) is 31.1 Å². The van der Waals surface area contributed by atoms with Crippen molar-refractivity contribution in [1.82, 2.24) is 0 Å². The Morgan fingerprint density at radius 1 is 0.345 bits per heavy atom. The Morgan fingerprint density at radius 3 is 0.891 bits per heavy atom. The van der Waals surface area contributed by atoms with Gasteiger partial charge in [0.15, 0.2) is 6.10 Å². The van der Waals surface area contributed by atoms with Crippen molar-refractivity contribution < 1.29 is 28.6 Å². The number of esters is 3. The third-order valence-corrected chi connectivity index (χ3v) is 11.0. The van der Waals surface area contributed by atoms with E-state index in [1.54, 1.807) is 0 Å². The molecule has 0 saturated carbocycles. The molecule has 55 heavy (non-hydrogen) atoms. The molecule has 6 nitrogen and oxygen atoms in total. The maximum Gasteiger partial charge on any atom is 0.306 e. The van der Waals surface area contributed by atoms with Gasteiger partial charge in [-0.15, -0.1) is 0 Å². The summed E-state index contributed by atoms with van der Waals surface area (Å²) in [5.74, 6) is -0.0332. The number of hydrogen-bond donors (Lipinski definition) is 0. The highest BCUT2D eigenvalue weighted by atomic mass is 16.6. The Balaban J connectivity index is 4.26. The molecule has 0 aliphatic heterocycles. The van der Waals surface area contributed by atoms with E-state index in [0.29, 0.717) is 19.3 Å². The van der Waals surface area contributed by atoms with Crippen molar-refractivity contribution in [3.05, 3.63) is 0 Å². The summed E-state index contributed by atoms with van der Waals surface area (Å²) in [6.45, 7) is 8.98. The standard InChI is InChI=1S/C49H94O6/c1-5-7-9-11-13-15-16-17-18-19-20-25-28-32-36-40-47(50)53-43-46(55-49(52)42-38-34-30-23-14-12-10-8-6-2)44-54-48(51)41-37-33-29-26-22-21-24-27-31-35-39-45(3)4/h45-46H,5-44H2,1-4H3/t46-/m0/s1. The minimum absolute atomic E-state index is 0.0634. The predicted octanol–water partition coefficient (Wildman–Crippen LogP) is 15.5. The van der Waals surface area contributed by atoms with Gasteiger partial charge in [-0.3, -0.25) is 14.4 Å². The second kappa shape index (κ2) is 43.5. The van der Waals surface area contributed by atoms with E-state index < -0.39 is 6.10 Å². The highest BCUT2D eigenvalue weighted by molar-refractivity contribution is 5.71. The highest BCUT2D eigenvalue weighted by Crippen LogP contribution is 2.16. The van der Waals surface area contributed by atoms with Crippen LogP contribution in [-0.2, 0) is 28.6 Å². The van der Waals surface area contributed by atoms with E-state index in [1.807, 2.05) is 0 Å². The molecule has 0 N–H and O–H groups in total. The van der Waals surface area contributed by atoms with Gasteiger partial charge >= 0.3 is 17.9 Å². The lowest BCUT2D eigenvalue weighted by atomic mass is 10.0. The van der Waals surface area contributed by atoms with Crippen LogP contribution >= 0.6 is 0 Å². The molecule has 0 saturated heterocycles. The van der Waals surface area contributed by atoms with Crippen molar-refractivity contribution in [2.45, 2.75) is 278 Å². The first kappa shape index (κ1) is 53.4. The number of rotatable bonds is 44. The van der Waals surface area contributed by atoms with Gasteiger partial charge in [0.05, 0.1) is 0 Å². The fourth-order valence-corrected chi connectivity index (χ4v) is 7.33. The van der Waals surface area contributed by atoms with Crippen LogP contribution in [0.4, 0.5) is 0 Å². The molecule has 0 aromatic carbocycles. The lowest BCUT2D eigenvalue weighted by Crippen LogP contribution is -2.30. The van der Waals surface area contributed by atoms with Crippen LogP contribution in [-0.4, -0.2) is 37.2 Å². The van der Waals surface area contributed by atoms with Gasteiger partial charge in [0.1, 0.15) is 13.2 Å². The fourth-order valence-electron chi connectivity index (χ4n) is 7.33. The Hall–Kier alpha value is -1.59. The van der Waals surface area contributed by atoms with Gasteiger partial charge in [-0.05, 0) is 25.2 Å². The summed E-state index contributed by atoms with van der Waals surface area (Å²) < 4.78 is 16.7. The number of hydrogen-bond acceptors (Lipinski definition) is 6. The summed E-state index contributed by atoms with van der Waals surface area (Å²) in [6.07, 6.45) is 43.7. The van der Waals surface area contributed by atoms with Crippen LogP contribution in [0.15, 0.2) is 0 Å².